The first-order valence-corrected chi connectivity index (χ1v) is 8.96. The number of benzene rings is 1. The summed E-state index contributed by atoms with van der Waals surface area (Å²) in [7, 11) is 0. The largest absolute Gasteiger partial charge is 0.337 e. The van der Waals surface area contributed by atoms with E-state index >= 15 is 0 Å². The number of piperidine rings is 1. The third-order valence-corrected chi connectivity index (χ3v) is 5.69. The van der Waals surface area contributed by atoms with Crippen molar-refractivity contribution >= 4 is 5.91 Å². The van der Waals surface area contributed by atoms with Crippen LogP contribution in [0.3, 0.4) is 0 Å². The molecule has 0 saturated carbocycles. The molecule has 6 heteroatoms. The number of aryl methyl sites for hydroxylation is 1. The predicted molar refractivity (Wildman–Crippen MR) is 96.2 cm³/mol. The molecule has 25 heavy (non-hydrogen) atoms. The fourth-order valence-electron chi connectivity index (χ4n) is 3.97. The molecule has 2 fully saturated rings. The van der Waals surface area contributed by atoms with Gasteiger partial charge >= 0.3 is 0 Å². The number of hydrogen-bond donors (Lipinski definition) is 2. The van der Waals surface area contributed by atoms with Crippen LogP contribution in [0.15, 0.2) is 35.1 Å². The van der Waals surface area contributed by atoms with Gasteiger partial charge in [-0.3, -0.25) is 14.7 Å². The van der Waals surface area contributed by atoms with Gasteiger partial charge in [0.05, 0.1) is 5.69 Å². The van der Waals surface area contributed by atoms with E-state index in [0.29, 0.717) is 11.1 Å². The molecule has 0 bridgehead atoms. The lowest BCUT2D eigenvalue weighted by molar-refractivity contribution is 0.0601. The first kappa shape index (κ1) is 16.1. The lowest BCUT2D eigenvalue weighted by atomic mass is 9.78. The minimum Gasteiger partial charge on any atom is -0.337 e. The normalized spacial score (nSPS) is 19.5. The Labute approximate surface area is 146 Å². The third kappa shape index (κ3) is 3.02. The number of amides is 1. The Kier molecular flexibility index (Phi) is 4.00. The zero-order valence-corrected chi connectivity index (χ0v) is 14.5. The van der Waals surface area contributed by atoms with Crippen molar-refractivity contribution in [1.29, 1.82) is 0 Å². The first-order valence-electron chi connectivity index (χ1n) is 8.96. The van der Waals surface area contributed by atoms with Crippen LogP contribution in [0.4, 0.5) is 0 Å². The number of likely N-dealkylation sites (tertiary alicyclic amines) is 1. The van der Waals surface area contributed by atoms with E-state index in [4.69, 9.17) is 0 Å². The molecule has 3 heterocycles. The van der Waals surface area contributed by atoms with Crippen molar-refractivity contribution in [3.63, 3.8) is 0 Å². The topological polar surface area (TPSA) is 70.1 Å². The Hall–Kier alpha value is -2.34. The summed E-state index contributed by atoms with van der Waals surface area (Å²) in [5, 5.41) is 6.41. The van der Waals surface area contributed by atoms with E-state index in [1.54, 1.807) is 0 Å². The Morgan fingerprint density at radius 2 is 1.84 bits per heavy atom. The van der Waals surface area contributed by atoms with Crippen LogP contribution in [0.2, 0.25) is 0 Å². The maximum Gasteiger partial charge on any atom is 0.271 e. The lowest BCUT2D eigenvalue weighted by Crippen LogP contribution is -2.44. The van der Waals surface area contributed by atoms with Crippen molar-refractivity contribution in [3.8, 4) is 5.69 Å². The summed E-state index contributed by atoms with van der Waals surface area (Å²) in [6.07, 6.45) is 3.28. The summed E-state index contributed by atoms with van der Waals surface area (Å²) in [6, 6.07) is 9.05. The van der Waals surface area contributed by atoms with E-state index in [1.165, 1.54) is 17.2 Å². The molecule has 1 amide bonds. The molecule has 4 rings (SSSR count). The Morgan fingerprint density at radius 3 is 2.48 bits per heavy atom. The van der Waals surface area contributed by atoms with Gasteiger partial charge in [0, 0.05) is 25.7 Å². The van der Waals surface area contributed by atoms with Crippen LogP contribution in [-0.4, -0.2) is 46.8 Å². The summed E-state index contributed by atoms with van der Waals surface area (Å²) in [5.74, 6) is -0.0798. The van der Waals surface area contributed by atoms with Gasteiger partial charge in [-0.1, -0.05) is 17.7 Å². The highest BCUT2D eigenvalue weighted by Gasteiger charge is 2.38. The maximum absolute atomic E-state index is 12.8. The van der Waals surface area contributed by atoms with Gasteiger partial charge in [0.1, 0.15) is 5.69 Å². The molecule has 0 aliphatic carbocycles. The number of nitrogens with zero attached hydrogens (tertiary/aromatic N) is 2. The zero-order chi connectivity index (χ0) is 17.4. The van der Waals surface area contributed by atoms with Crippen molar-refractivity contribution in [3.05, 3.63) is 51.9 Å². The fraction of sp³-hybridized carbons (Fsp3) is 0.474. The summed E-state index contributed by atoms with van der Waals surface area (Å²) in [6.45, 7) is 5.67. The molecule has 1 aromatic heterocycles. The highest BCUT2D eigenvalue weighted by atomic mass is 16.2. The highest BCUT2D eigenvalue weighted by molar-refractivity contribution is 5.92. The molecule has 0 unspecified atom stereocenters. The summed E-state index contributed by atoms with van der Waals surface area (Å²) < 4.78 is 1.43. The molecule has 6 nitrogen and oxygen atoms in total. The summed E-state index contributed by atoms with van der Waals surface area (Å²) in [4.78, 5) is 26.9. The minimum absolute atomic E-state index is 0.0798. The minimum atomic E-state index is -0.208. The Morgan fingerprint density at radius 1 is 1.12 bits per heavy atom. The Balaban J connectivity index is 1.50. The van der Waals surface area contributed by atoms with Gasteiger partial charge < -0.3 is 10.2 Å². The molecule has 1 aromatic carbocycles. The lowest BCUT2D eigenvalue weighted by Gasteiger charge is -2.38. The van der Waals surface area contributed by atoms with Gasteiger partial charge in [0.25, 0.3) is 11.5 Å². The number of carbonyl (C=O) groups is 1. The highest BCUT2D eigenvalue weighted by Crippen LogP contribution is 2.37. The van der Waals surface area contributed by atoms with Crippen molar-refractivity contribution in [2.45, 2.75) is 26.2 Å². The molecule has 0 radical (unpaired) electrons. The van der Waals surface area contributed by atoms with E-state index in [1.807, 2.05) is 36.1 Å². The van der Waals surface area contributed by atoms with Crippen molar-refractivity contribution < 1.29 is 4.79 Å². The molecule has 132 valence electrons. The molecule has 2 saturated heterocycles. The van der Waals surface area contributed by atoms with E-state index in [-0.39, 0.29) is 11.5 Å². The second kappa shape index (κ2) is 6.19. The van der Waals surface area contributed by atoms with Crippen molar-refractivity contribution in [1.82, 2.24) is 20.0 Å². The molecule has 2 aliphatic rings. The average Bonchev–Trinajstić information content (AvgIpc) is 3.23. The van der Waals surface area contributed by atoms with Crippen LogP contribution in [0.25, 0.3) is 5.69 Å². The summed E-state index contributed by atoms with van der Waals surface area (Å²) in [5.41, 5.74) is 2.40. The molecule has 2 aromatic rings. The number of hydrogen-bond acceptors (Lipinski definition) is 3. The van der Waals surface area contributed by atoms with Crippen LogP contribution in [0.5, 0.6) is 0 Å². The van der Waals surface area contributed by atoms with Crippen LogP contribution in [-0.2, 0) is 0 Å². The van der Waals surface area contributed by atoms with E-state index in [0.717, 1.165) is 50.3 Å². The molecule has 0 atom stereocenters. The maximum atomic E-state index is 12.8. The van der Waals surface area contributed by atoms with Gasteiger partial charge in [0.2, 0.25) is 0 Å². The number of H-pyrrole nitrogens is 1. The molecule has 2 N–H and O–H groups in total. The molecule has 1 spiro atoms. The van der Waals surface area contributed by atoms with Crippen LogP contribution in [0.1, 0.15) is 35.3 Å². The molecule has 2 aliphatic heterocycles. The van der Waals surface area contributed by atoms with Gasteiger partial charge in [-0.15, -0.1) is 0 Å². The van der Waals surface area contributed by atoms with Gasteiger partial charge in [0.15, 0.2) is 0 Å². The monoisotopic (exact) mass is 340 g/mol. The van der Waals surface area contributed by atoms with E-state index < -0.39 is 0 Å². The van der Waals surface area contributed by atoms with Crippen molar-refractivity contribution in [2.75, 3.05) is 26.2 Å². The third-order valence-electron chi connectivity index (χ3n) is 5.69. The van der Waals surface area contributed by atoms with E-state index in [2.05, 4.69) is 10.4 Å². The number of aromatic nitrogens is 2. The molecular formula is C19H24N4O2. The van der Waals surface area contributed by atoms with Gasteiger partial charge in [-0.25, -0.2) is 4.68 Å². The fourth-order valence-corrected chi connectivity index (χ4v) is 3.97. The average molecular weight is 340 g/mol. The predicted octanol–water partition coefficient (Wildman–Crippen LogP) is 1.69. The number of aromatic amines is 1. The van der Waals surface area contributed by atoms with Crippen LogP contribution in [0, 0.1) is 12.3 Å². The van der Waals surface area contributed by atoms with Gasteiger partial charge in [-0.05, 0) is 50.3 Å². The van der Waals surface area contributed by atoms with E-state index in [9.17, 15) is 9.59 Å². The zero-order valence-electron chi connectivity index (χ0n) is 14.5. The quantitative estimate of drug-likeness (QED) is 0.874. The number of rotatable bonds is 2. The second-order valence-corrected chi connectivity index (χ2v) is 7.40. The van der Waals surface area contributed by atoms with Crippen LogP contribution >= 0.6 is 0 Å². The number of carbonyl (C=O) groups excluding carboxylic acids is 1. The smallest absolute Gasteiger partial charge is 0.271 e. The van der Waals surface area contributed by atoms with Crippen LogP contribution < -0.4 is 10.9 Å². The SMILES string of the molecule is Cc1ccc(-n2[nH]c(C(=O)N3CCC4(CCNC4)CC3)cc2=O)cc1. The summed E-state index contributed by atoms with van der Waals surface area (Å²) >= 11 is 0. The van der Waals surface area contributed by atoms with Gasteiger partial charge in [-0.2, -0.15) is 0 Å². The second-order valence-electron chi connectivity index (χ2n) is 7.40. The van der Waals surface area contributed by atoms with Crippen molar-refractivity contribution in [2.24, 2.45) is 5.41 Å². The number of nitrogens with one attached hydrogen (secondary N) is 2. The standard InChI is InChI=1S/C19H24N4O2/c1-14-2-4-15(5-3-14)23-17(24)12-16(21-23)18(25)22-10-7-19(8-11-22)6-9-20-13-19/h2-5,12,20-21H,6-11,13H2,1H3. The Bertz CT molecular complexity index is 818. The molecular weight excluding hydrogens is 316 g/mol. The first-order chi connectivity index (χ1) is 12.1.